The molecule has 0 saturated heterocycles. The van der Waals surface area contributed by atoms with Gasteiger partial charge in [-0.1, -0.05) is 60.7 Å². The average molecular weight is 444 g/mol. The van der Waals surface area contributed by atoms with Gasteiger partial charge in [0.1, 0.15) is 0 Å². The molecule has 0 aliphatic rings. The number of hydrogen-bond acceptors (Lipinski definition) is 4. The molecule has 10 heteroatoms. The molecule has 0 aliphatic carbocycles. The first-order valence-corrected chi connectivity index (χ1v) is 9.95. The first-order chi connectivity index (χ1) is 14.3. The number of phosphoric ester groups is 1. The van der Waals surface area contributed by atoms with E-state index < -0.39 is 42.7 Å². The van der Waals surface area contributed by atoms with Gasteiger partial charge in [0.2, 0.25) is 34.8 Å². The van der Waals surface area contributed by atoms with Crippen LogP contribution >= 0.6 is 7.82 Å². The Morgan fingerprint density at radius 2 is 0.967 bits per heavy atom. The summed E-state index contributed by atoms with van der Waals surface area (Å²) in [6.07, 6.45) is 0. The molecule has 0 unspecified atom stereocenters. The lowest BCUT2D eigenvalue weighted by Crippen LogP contribution is -2.09. The fourth-order valence-electron chi connectivity index (χ4n) is 2.32. The van der Waals surface area contributed by atoms with Crippen molar-refractivity contribution < 1.29 is 40.1 Å². The highest BCUT2D eigenvalue weighted by atomic mass is 31.2. The van der Waals surface area contributed by atoms with E-state index in [-0.39, 0.29) is 13.2 Å². The second kappa shape index (κ2) is 9.38. The van der Waals surface area contributed by atoms with Crippen molar-refractivity contribution in [2.24, 2.45) is 0 Å². The fourth-order valence-corrected chi connectivity index (χ4v) is 3.50. The molecule has 0 amide bonds. The fraction of sp³-hybridized carbons (Fsp3) is 0.100. The second-order valence-electron chi connectivity index (χ2n) is 5.96. The van der Waals surface area contributed by atoms with Gasteiger partial charge in [-0.2, -0.15) is 8.78 Å². The molecule has 0 aliphatic heterocycles. The smallest absolute Gasteiger partial charge is 0.397 e. The molecule has 0 bridgehead atoms. The van der Waals surface area contributed by atoms with Crippen molar-refractivity contribution >= 4 is 7.82 Å². The van der Waals surface area contributed by atoms with Crippen LogP contribution in [0.4, 0.5) is 22.0 Å². The molecule has 0 atom stereocenters. The quantitative estimate of drug-likeness (QED) is 0.177. The zero-order valence-corrected chi connectivity index (χ0v) is 16.1. The van der Waals surface area contributed by atoms with Crippen LogP contribution in [-0.4, -0.2) is 0 Å². The average Bonchev–Trinajstić information content (AvgIpc) is 2.78. The molecule has 4 nitrogen and oxygen atoms in total. The van der Waals surface area contributed by atoms with E-state index in [9.17, 15) is 26.5 Å². The molecule has 3 aromatic rings. The molecular weight excluding hydrogens is 430 g/mol. The maximum Gasteiger partial charge on any atom is 0.530 e. The summed E-state index contributed by atoms with van der Waals surface area (Å²) in [5.74, 6) is -13.2. The number of phosphoric acid groups is 1. The molecule has 0 N–H and O–H groups in total. The first kappa shape index (κ1) is 22.0. The SMILES string of the molecule is O=P(OCc1ccccc1)(OCc1ccccc1)Oc1c(F)c(F)c(F)c(F)c1F. The van der Waals surface area contributed by atoms with E-state index in [1.165, 1.54) is 0 Å². The van der Waals surface area contributed by atoms with Gasteiger partial charge in [-0.05, 0) is 11.1 Å². The first-order valence-electron chi connectivity index (χ1n) is 8.49. The van der Waals surface area contributed by atoms with Gasteiger partial charge < -0.3 is 4.52 Å². The van der Waals surface area contributed by atoms with Crippen molar-refractivity contribution in [2.75, 3.05) is 0 Å². The van der Waals surface area contributed by atoms with E-state index in [4.69, 9.17) is 9.05 Å². The van der Waals surface area contributed by atoms with E-state index in [0.29, 0.717) is 11.1 Å². The van der Waals surface area contributed by atoms with Crippen molar-refractivity contribution in [3.8, 4) is 5.75 Å². The van der Waals surface area contributed by atoms with Crippen LogP contribution in [-0.2, 0) is 26.8 Å². The predicted molar refractivity (Wildman–Crippen MR) is 96.9 cm³/mol. The molecule has 0 heterocycles. The number of halogens is 5. The van der Waals surface area contributed by atoms with E-state index in [1.54, 1.807) is 60.7 Å². The Hall–Kier alpha value is -2.74. The maximum atomic E-state index is 14.0. The third-order valence-electron chi connectivity index (χ3n) is 3.84. The summed E-state index contributed by atoms with van der Waals surface area (Å²) in [5.41, 5.74) is 1.00. The van der Waals surface area contributed by atoms with E-state index >= 15 is 0 Å². The van der Waals surface area contributed by atoms with Gasteiger partial charge in [0, 0.05) is 0 Å². The van der Waals surface area contributed by atoms with Crippen LogP contribution < -0.4 is 4.52 Å². The van der Waals surface area contributed by atoms with Crippen molar-refractivity contribution in [3.63, 3.8) is 0 Å². The summed E-state index contributed by atoms with van der Waals surface area (Å²) < 4.78 is 96.0. The third-order valence-corrected chi connectivity index (χ3v) is 5.13. The highest BCUT2D eigenvalue weighted by Gasteiger charge is 2.36. The van der Waals surface area contributed by atoms with E-state index in [1.807, 2.05) is 0 Å². The zero-order chi connectivity index (χ0) is 21.7. The number of hydrogen-bond donors (Lipinski definition) is 0. The lowest BCUT2D eigenvalue weighted by atomic mass is 10.2. The van der Waals surface area contributed by atoms with E-state index in [2.05, 4.69) is 4.52 Å². The van der Waals surface area contributed by atoms with Crippen LogP contribution in [0, 0.1) is 29.1 Å². The van der Waals surface area contributed by atoms with Crippen molar-refractivity contribution in [1.82, 2.24) is 0 Å². The largest absolute Gasteiger partial charge is 0.530 e. The Balaban J connectivity index is 1.90. The van der Waals surface area contributed by atoms with Crippen LogP contribution in [0.25, 0.3) is 0 Å². The predicted octanol–water partition coefficient (Wildman–Crippen LogP) is 6.30. The van der Waals surface area contributed by atoms with Crippen molar-refractivity contribution in [1.29, 1.82) is 0 Å². The van der Waals surface area contributed by atoms with Crippen LogP contribution in [0.3, 0.4) is 0 Å². The Kier molecular flexibility index (Phi) is 6.87. The molecule has 0 saturated carbocycles. The van der Waals surface area contributed by atoms with Gasteiger partial charge in [0.25, 0.3) is 0 Å². The minimum Gasteiger partial charge on any atom is -0.397 e. The molecular formula is C20H14F5O4P. The van der Waals surface area contributed by atoms with Crippen LogP contribution in [0.2, 0.25) is 0 Å². The summed E-state index contributed by atoms with van der Waals surface area (Å²) in [6.45, 7) is -0.745. The van der Waals surface area contributed by atoms with Gasteiger partial charge in [-0.15, -0.1) is 0 Å². The molecule has 3 rings (SSSR count). The topological polar surface area (TPSA) is 44.8 Å². The molecule has 0 spiro atoms. The minimum atomic E-state index is -4.82. The highest BCUT2D eigenvalue weighted by Crippen LogP contribution is 2.52. The molecule has 30 heavy (non-hydrogen) atoms. The Bertz CT molecular complexity index is 987. The number of benzene rings is 3. The van der Waals surface area contributed by atoms with Crippen LogP contribution in [0.5, 0.6) is 5.75 Å². The second-order valence-corrected chi connectivity index (χ2v) is 7.55. The molecule has 0 radical (unpaired) electrons. The van der Waals surface area contributed by atoms with Gasteiger partial charge in [-0.25, -0.2) is 17.7 Å². The van der Waals surface area contributed by atoms with Crippen LogP contribution in [0.1, 0.15) is 11.1 Å². The highest BCUT2D eigenvalue weighted by molar-refractivity contribution is 7.48. The van der Waals surface area contributed by atoms with Crippen molar-refractivity contribution in [3.05, 3.63) is 101 Å². The van der Waals surface area contributed by atoms with Gasteiger partial charge in [0.15, 0.2) is 0 Å². The summed E-state index contributed by atoms with van der Waals surface area (Å²) in [4.78, 5) is 0. The molecule has 3 aromatic carbocycles. The normalized spacial score (nSPS) is 11.5. The van der Waals surface area contributed by atoms with Crippen molar-refractivity contribution in [2.45, 2.75) is 13.2 Å². The monoisotopic (exact) mass is 444 g/mol. The zero-order valence-electron chi connectivity index (χ0n) is 15.2. The Labute approximate surface area is 168 Å². The Morgan fingerprint density at radius 3 is 1.37 bits per heavy atom. The molecule has 0 fully saturated rings. The Morgan fingerprint density at radius 1 is 0.600 bits per heavy atom. The molecule has 158 valence electrons. The standard InChI is InChI=1S/C20H14F5O4P/c21-15-16(22)18(24)20(19(25)17(15)23)29-30(26,27-11-13-7-3-1-4-8-13)28-12-14-9-5-2-6-10-14/h1-10H,11-12H2. The third kappa shape index (κ3) is 5.05. The summed E-state index contributed by atoms with van der Waals surface area (Å²) >= 11 is 0. The summed E-state index contributed by atoms with van der Waals surface area (Å²) in [7, 11) is -4.82. The van der Waals surface area contributed by atoms with Crippen LogP contribution in [0.15, 0.2) is 60.7 Å². The summed E-state index contributed by atoms with van der Waals surface area (Å²) in [6, 6.07) is 16.4. The van der Waals surface area contributed by atoms with Gasteiger partial charge in [0.05, 0.1) is 13.2 Å². The lowest BCUT2D eigenvalue weighted by Gasteiger charge is -2.20. The van der Waals surface area contributed by atoms with Gasteiger partial charge >= 0.3 is 7.82 Å². The number of rotatable bonds is 8. The summed E-state index contributed by atoms with van der Waals surface area (Å²) in [5, 5.41) is 0. The maximum absolute atomic E-state index is 14.0. The molecule has 0 aromatic heterocycles. The van der Waals surface area contributed by atoms with Gasteiger partial charge in [-0.3, -0.25) is 9.05 Å². The lowest BCUT2D eigenvalue weighted by molar-refractivity contribution is 0.139. The minimum absolute atomic E-state index is 0.373. The van der Waals surface area contributed by atoms with E-state index in [0.717, 1.165) is 0 Å².